The van der Waals surface area contributed by atoms with Crippen molar-refractivity contribution in [1.29, 1.82) is 0 Å². The lowest BCUT2D eigenvalue weighted by atomic mass is 10.3. The van der Waals surface area contributed by atoms with Gasteiger partial charge in [0.2, 0.25) is 0 Å². The van der Waals surface area contributed by atoms with Gasteiger partial charge in [-0.1, -0.05) is 0 Å². The molecule has 0 fully saturated rings. The van der Waals surface area contributed by atoms with Gasteiger partial charge in [0.25, 0.3) is 0 Å². The molecule has 1 N–H and O–H groups in total. The summed E-state index contributed by atoms with van der Waals surface area (Å²) >= 11 is 0. The topological polar surface area (TPSA) is 49.8 Å². The van der Waals surface area contributed by atoms with Crippen LogP contribution in [0.5, 0.6) is 0 Å². The van der Waals surface area contributed by atoms with Crippen LogP contribution in [0.4, 0.5) is 0 Å². The average Bonchev–Trinajstić information content (AvgIpc) is 2.02. The van der Waals surface area contributed by atoms with E-state index in [1.807, 2.05) is 18.7 Å². The fourth-order valence-electron chi connectivity index (χ4n) is 1.11. The highest BCUT2D eigenvalue weighted by Gasteiger charge is 2.11. The maximum absolute atomic E-state index is 10.5. The van der Waals surface area contributed by atoms with Crippen molar-refractivity contribution in [3.8, 4) is 0 Å². The molecule has 0 aliphatic rings. The van der Waals surface area contributed by atoms with Crippen molar-refractivity contribution in [3.63, 3.8) is 0 Å². The first-order chi connectivity index (χ1) is 6.07. The molecule has 0 aromatic rings. The molecule has 0 aromatic heterocycles. The number of nitrogens with zero attached hydrogens (tertiary/aromatic N) is 1. The first-order valence-corrected chi connectivity index (χ1v) is 4.52. The molecule has 13 heavy (non-hydrogen) atoms. The van der Waals surface area contributed by atoms with E-state index in [1.54, 1.807) is 7.11 Å². The van der Waals surface area contributed by atoms with Gasteiger partial charge in [-0.25, -0.2) is 0 Å². The van der Waals surface area contributed by atoms with Crippen LogP contribution in [0, 0.1) is 0 Å². The average molecular weight is 189 g/mol. The van der Waals surface area contributed by atoms with Gasteiger partial charge in [-0.2, -0.15) is 0 Å². The third-order valence-electron chi connectivity index (χ3n) is 1.86. The van der Waals surface area contributed by atoms with Gasteiger partial charge in [0, 0.05) is 26.3 Å². The lowest BCUT2D eigenvalue weighted by Crippen LogP contribution is -2.36. The Kier molecular flexibility index (Phi) is 6.54. The second kappa shape index (κ2) is 6.86. The van der Waals surface area contributed by atoms with Gasteiger partial charge in [0.15, 0.2) is 0 Å². The van der Waals surface area contributed by atoms with Crippen LogP contribution in [0.3, 0.4) is 0 Å². The van der Waals surface area contributed by atoms with E-state index < -0.39 is 5.97 Å². The Labute approximate surface area is 79.5 Å². The summed E-state index contributed by atoms with van der Waals surface area (Å²) in [6.45, 7) is 5.56. The van der Waals surface area contributed by atoms with Crippen LogP contribution in [-0.4, -0.2) is 48.8 Å². The SMILES string of the molecule is COCCCN(CC(=O)O)C(C)C. The zero-order chi connectivity index (χ0) is 10.3. The van der Waals surface area contributed by atoms with Gasteiger partial charge in [0.05, 0.1) is 6.54 Å². The normalized spacial score (nSPS) is 11.2. The lowest BCUT2D eigenvalue weighted by molar-refractivity contribution is -0.138. The fourth-order valence-corrected chi connectivity index (χ4v) is 1.11. The van der Waals surface area contributed by atoms with E-state index in [0.717, 1.165) is 13.0 Å². The van der Waals surface area contributed by atoms with Crippen LogP contribution in [0.2, 0.25) is 0 Å². The number of rotatable bonds is 7. The molecule has 4 heteroatoms. The second-order valence-electron chi connectivity index (χ2n) is 3.30. The number of aliphatic carboxylic acids is 1. The molecule has 0 unspecified atom stereocenters. The summed E-state index contributed by atoms with van der Waals surface area (Å²) in [7, 11) is 1.65. The van der Waals surface area contributed by atoms with Crippen molar-refractivity contribution in [1.82, 2.24) is 4.90 Å². The smallest absolute Gasteiger partial charge is 0.317 e. The monoisotopic (exact) mass is 189 g/mol. The lowest BCUT2D eigenvalue weighted by Gasteiger charge is -2.24. The fraction of sp³-hybridized carbons (Fsp3) is 0.889. The molecule has 78 valence electrons. The van der Waals surface area contributed by atoms with Crippen molar-refractivity contribution in [2.45, 2.75) is 26.3 Å². The predicted molar refractivity (Wildman–Crippen MR) is 50.8 cm³/mol. The Hall–Kier alpha value is -0.610. The molecule has 0 saturated heterocycles. The minimum atomic E-state index is -0.772. The molecule has 0 rings (SSSR count). The highest BCUT2D eigenvalue weighted by atomic mass is 16.5. The summed E-state index contributed by atoms with van der Waals surface area (Å²) in [5.74, 6) is -0.772. The maximum Gasteiger partial charge on any atom is 0.317 e. The quantitative estimate of drug-likeness (QED) is 0.602. The third-order valence-corrected chi connectivity index (χ3v) is 1.86. The largest absolute Gasteiger partial charge is 0.480 e. The van der Waals surface area contributed by atoms with E-state index in [0.29, 0.717) is 6.61 Å². The van der Waals surface area contributed by atoms with E-state index in [4.69, 9.17) is 9.84 Å². The van der Waals surface area contributed by atoms with Gasteiger partial charge < -0.3 is 9.84 Å². The van der Waals surface area contributed by atoms with Crippen LogP contribution in [0.25, 0.3) is 0 Å². The highest BCUT2D eigenvalue weighted by Crippen LogP contribution is 1.99. The number of ether oxygens (including phenoxy) is 1. The van der Waals surface area contributed by atoms with E-state index in [2.05, 4.69) is 0 Å². The first kappa shape index (κ1) is 12.4. The molecule has 0 aliphatic heterocycles. The molecular formula is C9H19NO3. The van der Waals surface area contributed by atoms with Crippen molar-refractivity contribution in [2.75, 3.05) is 26.8 Å². The number of carboxylic acid groups (broad SMARTS) is 1. The zero-order valence-electron chi connectivity index (χ0n) is 8.62. The van der Waals surface area contributed by atoms with E-state index in [-0.39, 0.29) is 12.6 Å². The summed E-state index contributed by atoms with van der Waals surface area (Å²) in [5, 5.41) is 8.62. The number of hydrogen-bond donors (Lipinski definition) is 1. The van der Waals surface area contributed by atoms with Crippen LogP contribution in [0.1, 0.15) is 20.3 Å². The Morgan fingerprint density at radius 1 is 1.54 bits per heavy atom. The molecule has 0 radical (unpaired) electrons. The minimum Gasteiger partial charge on any atom is -0.480 e. The molecule has 0 saturated carbocycles. The highest BCUT2D eigenvalue weighted by molar-refractivity contribution is 5.69. The first-order valence-electron chi connectivity index (χ1n) is 4.52. The molecule has 4 nitrogen and oxygen atoms in total. The van der Waals surface area contributed by atoms with E-state index in [1.165, 1.54) is 0 Å². The van der Waals surface area contributed by atoms with Crippen molar-refractivity contribution >= 4 is 5.97 Å². The summed E-state index contributed by atoms with van der Waals surface area (Å²) in [6.07, 6.45) is 0.877. The van der Waals surface area contributed by atoms with Gasteiger partial charge in [-0.3, -0.25) is 9.69 Å². The standard InChI is InChI=1S/C9H19NO3/c1-8(2)10(7-9(11)12)5-4-6-13-3/h8H,4-7H2,1-3H3,(H,11,12). The molecular weight excluding hydrogens is 170 g/mol. The van der Waals surface area contributed by atoms with Gasteiger partial charge in [-0.15, -0.1) is 0 Å². The Balaban J connectivity index is 3.74. The second-order valence-corrected chi connectivity index (χ2v) is 3.30. The molecule has 0 bridgehead atoms. The van der Waals surface area contributed by atoms with Crippen LogP contribution in [0.15, 0.2) is 0 Å². The summed E-state index contributed by atoms with van der Waals surface area (Å²) < 4.78 is 4.90. The van der Waals surface area contributed by atoms with E-state index in [9.17, 15) is 4.79 Å². The van der Waals surface area contributed by atoms with Gasteiger partial charge in [-0.05, 0) is 20.3 Å². The van der Waals surface area contributed by atoms with Gasteiger partial charge in [0.1, 0.15) is 0 Å². The van der Waals surface area contributed by atoms with Crippen molar-refractivity contribution in [2.24, 2.45) is 0 Å². The number of hydrogen-bond acceptors (Lipinski definition) is 3. The number of carbonyl (C=O) groups is 1. The predicted octanol–water partition coefficient (Wildman–Crippen LogP) is 0.818. The molecule has 0 aliphatic carbocycles. The number of carboxylic acids is 1. The number of methoxy groups -OCH3 is 1. The van der Waals surface area contributed by atoms with Crippen molar-refractivity contribution < 1.29 is 14.6 Å². The molecule has 0 spiro atoms. The molecule has 0 atom stereocenters. The third kappa shape index (κ3) is 6.54. The molecule has 0 aromatic carbocycles. The molecule has 0 amide bonds. The van der Waals surface area contributed by atoms with Crippen LogP contribution >= 0.6 is 0 Å². The summed E-state index contributed by atoms with van der Waals surface area (Å²) in [6, 6.07) is 0.271. The minimum absolute atomic E-state index is 0.112. The van der Waals surface area contributed by atoms with Crippen LogP contribution < -0.4 is 0 Å². The summed E-state index contributed by atoms with van der Waals surface area (Å²) in [5.41, 5.74) is 0. The van der Waals surface area contributed by atoms with Crippen LogP contribution in [-0.2, 0) is 9.53 Å². The van der Waals surface area contributed by atoms with E-state index >= 15 is 0 Å². The Morgan fingerprint density at radius 2 is 2.15 bits per heavy atom. The Morgan fingerprint density at radius 3 is 2.54 bits per heavy atom. The van der Waals surface area contributed by atoms with Crippen molar-refractivity contribution in [3.05, 3.63) is 0 Å². The van der Waals surface area contributed by atoms with Gasteiger partial charge >= 0.3 is 5.97 Å². The molecule has 0 heterocycles. The summed E-state index contributed by atoms with van der Waals surface area (Å²) in [4.78, 5) is 12.4. The Bertz CT molecular complexity index is 148. The maximum atomic E-state index is 10.5. The zero-order valence-corrected chi connectivity index (χ0v) is 8.62.